The van der Waals surface area contributed by atoms with Crippen molar-refractivity contribution in [2.24, 2.45) is 0 Å². The van der Waals surface area contributed by atoms with E-state index in [0.29, 0.717) is 6.54 Å². The molecule has 1 aliphatic rings. The van der Waals surface area contributed by atoms with Crippen molar-refractivity contribution in [1.29, 1.82) is 0 Å². The van der Waals surface area contributed by atoms with Crippen molar-refractivity contribution in [3.8, 4) is 5.75 Å². The predicted octanol–water partition coefficient (Wildman–Crippen LogP) is 2.75. The number of carbonyl (C=O) groups excluding carboxylic acids is 2. The Morgan fingerprint density at radius 1 is 1.17 bits per heavy atom. The number of hydrogen-bond donors (Lipinski definition) is 1. The third kappa shape index (κ3) is 4.23. The van der Waals surface area contributed by atoms with Crippen LogP contribution in [0.4, 0.5) is 16.1 Å². The monoisotopic (exact) mass is 396 g/mol. The number of hydrogen-bond acceptors (Lipinski definition) is 6. The first kappa shape index (κ1) is 18.6. The molecule has 1 N–H and O–H groups in total. The lowest BCUT2D eigenvalue weighted by Crippen LogP contribution is -2.24. The van der Waals surface area contributed by atoms with Crippen molar-refractivity contribution in [3.05, 3.63) is 66.3 Å². The molecular weight excluding hydrogens is 379 g/mol. The lowest BCUT2D eigenvalue weighted by Gasteiger charge is -2.15. The quantitative estimate of drug-likeness (QED) is 0.688. The molecule has 0 unspecified atom stereocenters. The van der Waals surface area contributed by atoms with Crippen LogP contribution in [0.25, 0.3) is 0 Å². The van der Waals surface area contributed by atoms with Gasteiger partial charge in [-0.1, -0.05) is 35.4 Å². The zero-order valence-electron chi connectivity index (χ0n) is 15.2. The summed E-state index contributed by atoms with van der Waals surface area (Å²) in [5.74, 6) is -1.20. The largest absolute Gasteiger partial charge is 0.481 e. The fourth-order valence-corrected chi connectivity index (χ4v) is 3.04. The molecule has 0 bridgehead atoms. The van der Waals surface area contributed by atoms with Crippen LogP contribution in [-0.2, 0) is 9.59 Å². The molecule has 4 rings (SSSR count). The summed E-state index contributed by atoms with van der Waals surface area (Å²) in [6, 6.07) is 15.0. The van der Waals surface area contributed by atoms with Crippen LogP contribution in [0.3, 0.4) is 0 Å². The molecule has 2 aromatic carbocycles. The molecule has 1 aliphatic heterocycles. The van der Waals surface area contributed by atoms with Gasteiger partial charge in [-0.2, -0.15) is 0 Å². The first-order valence-corrected chi connectivity index (χ1v) is 8.96. The summed E-state index contributed by atoms with van der Waals surface area (Å²) in [7, 11) is 0. The number of amides is 2. The van der Waals surface area contributed by atoms with Crippen LogP contribution in [0.15, 0.2) is 59.0 Å². The van der Waals surface area contributed by atoms with Gasteiger partial charge in [0.05, 0.1) is 5.92 Å². The maximum Gasteiger partial charge on any atom is 0.322 e. The van der Waals surface area contributed by atoms with E-state index in [0.717, 1.165) is 5.69 Å². The number of nitrogens with one attached hydrogen (secondary N) is 1. The van der Waals surface area contributed by atoms with Crippen molar-refractivity contribution < 1.29 is 23.1 Å². The first-order valence-electron chi connectivity index (χ1n) is 8.96. The van der Waals surface area contributed by atoms with Gasteiger partial charge in [-0.15, -0.1) is 5.10 Å². The number of aromatic nitrogens is 2. The van der Waals surface area contributed by atoms with Gasteiger partial charge >= 0.3 is 6.01 Å². The van der Waals surface area contributed by atoms with Crippen molar-refractivity contribution >= 4 is 23.5 Å². The van der Waals surface area contributed by atoms with E-state index in [9.17, 15) is 14.0 Å². The highest BCUT2D eigenvalue weighted by Crippen LogP contribution is 2.31. The minimum absolute atomic E-state index is 0.0284. The van der Waals surface area contributed by atoms with Gasteiger partial charge in [0.1, 0.15) is 0 Å². The molecule has 8 nitrogen and oxygen atoms in total. The second-order valence-corrected chi connectivity index (χ2v) is 6.45. The molecule has 0 radical (unpaired) electrons. The molecule has 1 aromatic heterocycles. The smallest absolute Gasteiger partial charge is 0.322 e. The van der Waals surface area contributed by atoms with Crippen LogP contribution < -0.4 is 15.0 Å². The van der Waals surface area contributed by atoms with Crippen LogP contribution in [0, 0.1) is 5.82 Å². The summed E-state index contributed by atoms with van der Waals surface area (Å²) in [6.45, 7) is -0.00281. The molecule has 148 valence electrons. The minimum Gasteiger partial charge on any atom is -0.481 e. The molecule has 0 aliphatic carbocycles. The van der Waals surface area contributed by atoms with E-state index in [-0.39, 0.29) is 35.9 Å². The van der Waals surface area contributed by atoms with Crippen molar-refractivity contribution in [1.82, 2.24) is 10.2 Å². The summed E-state index contributed by atoms with van der Waals surface area (Å²) < 4.78 is 24.1. The normalized spacial score (nSPS) is 16.1. The van der Waals surface area contributed by atoms with Crippen molar-refractivity contribution in [2.45, 2.75) is 12.3 Å². The van der Waals surface area contributed by atoms with Crippen LogP contribution in [-0.4, -0.2) is 35.2 Å². The fraction of sp³-hybridized carbons (Fsp3) is 0.200. The van der Waals surface area contributed by atoms with Gasteiger partial charge in [-0.3, -0.25) is 14.9 Å². The average molecular weight is 396 g/mol. The molecule has 1 atom stereocenters. The maximum atomic E-state index is 13.5. The lowest BCUT2D eigenvalue weighted by atomic mass is 10.1. The number of halogens is 1. The van der Waals surface area contributed by atoms with Gasteiger partial charge in [-0.05, 0) is 24.3 Å². The van der Waals surface area contributed by atoms with Gasteiger partial charge in [0.25, 0.3) is 5.91 Å². The van der Waals surface area contributed by atoms with Gasteiger partial charge in [0, 0.05) is 18.7 Å². The molecule has 2 heterocycles. The number of anilines is 2. The SMILES string of the molecule is O=C(COc1ccccc1F)Nc1nnc([C@H]2CC(=O)N(c3ccccc3)C2)o1. The topological polar surface area (TPSA) is 97.6 Å². The number of ether oxygens (including phenoxy) is 1. The van der Waals surface area contributed by atoms with Gasteiger partial charge in [0.2, 0.25) is 11.8 Å². The fourth-order valence-electron chi connectivity index (χ4n) is 3.04. The van der Waals surface area contributed by atoms with Crippen LogP contribution >= 0.6 is 0 Å². The zero-order valence-corrected chi connectivity index (χ0v) is 15.2. The molecule has 1 fully saturated rings. The van der Waals surface area contributed by atoms with E-state index in [1.165, 1.54) is 18.2 Å². The maximum absolute atomic E-state index is 13.5. The second-order valence-electron chi connectivity index (χ2n) is 6.45. The summed E-state index contributed by atoms with van der Waals surface area (Å²) in [4.78, 5) is 25.9. The van der Waals surface area contributed by atoms with Gasteiger partial charge < -0.3 is 14.1 Å². The summed E-state index contributed by atoms with van der Waals surface area (Å²) in [6.07, 6.45) is 0.237. The number of para-hydroxylation sites is 2. The molecule has 1 saturated heterocycles. The van der Waals surface area contributed by atoms with Crippen LogP contribution in [0.2, 0.25) is 0 Å². The second kappa shape index (κ2) is 8.09. The molecule has 2 amide bonds. The molecule has 0 spiro atoms. The van der Waals surface area contributed by atoms with Gasteiger partial charge in [0.15, 0.2) is 18.2 Å². The zero-order chi connectivity index (χ0) is 20.2. The highest BCUT2D eigenvalue weighted by Gasteiger charge is 2.35. The number of benzene rings is 2. The van der Waals surface area contributed by atoms with E-state index in [1.54, 1.807) is 11.0 Å². The molecule has 29 heavy (non-hydrogen) atoms. The molecule has 9 heteroatoms. The lowest BCUT2D eigenvalue weighted by molar-refractivity contribution is -0.118. The molecule has 0 saturated carbocycles. The Labute approximate surface area is 165 Å². The minimum atomic E-state index is -0.572. The van der Waals surface area contributed by atoms with E-state index in [2.05, 4.69) is 15.5 Å². The summed E-state index contributed by atoms with van der Waals surface area (Å²) in [5.41, 5.74) is 0.804. The number of carbonyl (C=O) groups is 2. The summed E-state index contributed by atoms with van der Waals surface area (Å²) >= 11 is 0. The Balaban J connectivity index is 1.34. The third-order valence-corrected chi connectivity index (χ3v) is 4.42. The van der Waals surface area contributed by atoms with E-state index in [1.807, 2.05) is 30.3 Å². The Morgan fingerprint density at radius 3 is 2.72 bits per heavy atom. The van der Waals surface area contributed by atoms with E-state index < -0.39 is 18.3 Å². The molecule has 3 aromatic rings. The van der Waals surface area contributed by atoms with E-state index in [4.69, 9.17) is 9.15 Å². The van der Waals surface area contributed by atoms with Crippen molar-refractivity contribution in [3.63, 3.8) is 0 Å². The highest BCUT2D eigenvalue weighted by molar-refractivity contribution is 5.96. The molecular formula is C20H17FN4O4. The third-order valence-electron chi connectivity index (χ3n) is 4.42. The highest BCUT2D eigenvalue weighted by atomic mass is 19.1. The average Bonchev–Trinajstić information content (AvgIpc) is 3.34. The van der Waals surface area contributed by atoms with Crippen LogP contribution in [0.5, 0.6) is 5.75 Å². The van der Waals surface area contributed by atoms with Gasteiger partial charge in [-0.25, -0.2) is 4.39 Å². The predicted molar refractivity (Wildman–Crippen MR) is 101 cm³/mol. The Hall–Kier alpha value is -3.75. The Kier molecular flexibility index (Phi) is 5.19. The number of rotatable bonds is 6. The number of nitrogens with zero attached hydrogens (tertiary/aromatic N) is 3. The first-order chi connectivity index (χ1) is 14.1. The van der Waals surface area contributed by atoms with Crippen LogP contribution in [0.1, 0.15) is 18.2 Å². The Bertz CT molecular complexity index is 1020. The standard InChI is InChI=1S/C20H17FN4O4/c21-15-8-4-5-9-16(15)28-12-17(26)22-20-24-23-19(29-20)13-10-18(27)25(11-13)14-6-2-1-3-7-14/h1-9,13H,10-12H2,(H,22,24,26)/t13-/m0/s1. The van der Waals surface area contributed by atoms with E-state index >= 15 is 0 Å². The van der Waals surface area contributed by atoms with Crippen molar-refractivity contribution in [2.75, 3.05) is 23.4 Å². The summed E-state index contributed by atoms with van der Waals surface area (Å²) in [5, 5.41) is 10.1. The Morgan fingerprint density at radius 2 is 1.93 bits per heavy atom.